The third-order valence-electron chi connectivity index (χ3n) is 4.68. The van der Waals surface area contributed by atoms with E-state index in [4.69, 9.17) is 4.74 Å². The molecule has 1 N–H and O–H groups in total. The van der Waals surface area contributed by atoms with Crippen LogP contribution in [0.2, 0.25) is 0 Å². The van der Waals surface area contributed by atoms with E-state index >= 15 is 0 Å². The van der Waals surface area contributed by atoms with Gasteiger partial charge in [-0.1, -0.05) is 44.2 Å². The molecule has 2 rings (SSSR count). The first kappa shape index (κ1) is 19.4. The van der Waals surface area contributed by atoms with Crippen molar-refractivity contribution in [2.75, 3.05) is 19.7 Å². The summed E-state index contributed by atoms with van der Waals surface area (Å²) in [7, 11) is 0. The Kier molecular flexibility index (Phi) is 7.44. The first-order valence-electron chi connectivity index (χ1n) is 9.29. The molecule has 25 heavy (non-hydrogen) atoms. The predicted octanol–water partition coefficient (Wildman–Crippen LogP) is 2.92. The molecule has 0 saturated carbocycles. The zero-order valence-corrected chi connectivity index (χ0v) is 15.5. The lowest BCUT2D eigenvalue weighted by Crippen LogP contribution is -2.51. The number of nitrogens with one attached hydrogen (secondary N) is 1. The topological polar surface area (TPSA) is 58.6 Å². The zero-order chi connectivity index (χ0) is 18.2. The molecule has 5 nitrogen and oxygen atoms in total. The molecule has 0 radical (unpaired) electrons. The van der Waals surface area contributed by atoms with Gasteiger partial charge in [0.1, 0.15) is 6.04 Å². The van der Waals surface area contributed by atoms with E-state index in [9.17, 15) is 9.59 Å². The summed E-state index contributed by atoms with van der Waals surface area (Å²) < 4.78 is 5.14. The smallest absolute Gasteiger partial charge is 0.328 e. The van der Waals surface area contributed by atoms with Crippen LogP contribution in [-0.4, -0.2) is 42.5 Å². The summed E-state index contributed by atoms with van der Waals surface area (Å²) >= 11 is 0. The molecule has 138 valence electrons. The number of carbonyl (C=O) groups excluding carboxylic acids is 2. The van der Waals surface area contributed by atoms with Crippen molar-refractivity contribution >= 4 is 11.9 Å². The highest BCUT2D eigenvalue weighted by molar-refractivity contribution is 5.85. The van der Waals surface area contributed by atoms with E-state index in [-0.39, 0.29) is 24.5 Å². The van der Waals surface area contributed by atoms with Gasteiger partial charge in [-0.15, -0.1) is 0 Å². The highest BCUT2D eigenvalue weighted by Gasteiger charge is 2.33. The van der Waals surface area contributed by atoms with Crippen LogP contribution in [0.3, 0.4) is 0 Å². The van der Waals surface area contributed by atoms with E-state index in [1.807, 2.05) is 18.2 Å². The second kappa shape index (κ2) is 9.56. The monoisotopic (exact) mass is 346 g/mol. The van der Waals surface area contributed by atoms with Gasteiger partial charge in [0.05, 0.1) is 13.2 Å². The Morgan fingerprint density at radius 3 is 2.60 bits per heavy atom. The molecule has 2 atom stereocenters. The van der Waals surface area contributed by atoms with Gasteiger partial charge in [-0.25, -0.2) is 4.79 Å². The molecule has 0 bridgehead atoms. The minimum Gasteiger partial charge on any atom is -0.464 e. The fraction of sp³-hybridized carbons (Fsp3) is 0.600. The summed E-state index contributed by atoms with van der Waals surface area (Å²) in [6.07, 6.45) is 2.59. The molecule has 5 heteroatoms. The van der Waals surface area contributed by atoms with Gasteiger partial charge in [-0.3, -0.25) is 4.79 Å². The van der Waals surface area contributed by atoms with Gasteiger partial charge in [-0.2, -0.15) is 0 Å². The van der Waals surface area contributed by atoms with E-state index in [2.05, 4.69) is 31.3 Å². The second-order valence-corrected chi connectivity index (χ2v) is 6.86. The van der Waals surface area contributed by atoms with Crippen LogP contribution in [0, 0.1) is 5.92 Å². The van der Waals surface area contributed by atoms with Crippen LogP contribution < -0.4 is 5.32 Å². The van der Waals surface area contributed by atoms with Gasteiger partial charge in [0.25, 0.3) is 0 Å². The van der Waals surface area contributed by atoms with Gasteiger partial charge in [0.2, 0.25) is 5.91 Å². The van der Waals surface area contributed by atoms with Crippen molar-refractivity contribution in [3.8, 4) is 0 Å². The minimum atomic E-state index is -0.433. The number of rotatable bonds is 7. The van der Waals surface area contributed by atoms with Gasteiger partial charge >= 0.3 is 5.97 Å². The number of amides is 1. The van der Waals surface area contributed by atoms with Crippen LogP contribution in [-0.2, 0) is 14.3 Å². The molecule has 1 fully saturated rings. The lowest BCUT2D eigenvalue weighted by molar-refractivity contribution is -0.156. The summed E-state index contributed by atoms with van der Waals surface area (Å²) in [5, 5.41) is 3.38. The number of ether oxygens (including phenoxy) is 1. The van der Waals surface area contributed by atoms with Crippen molar-refractivity contribution in [3.63, 3.8) is 0 Å². The average Bonchev–Trinajstić information content (AvgIpc) is 2.62. The maximum atomic E-state index is 12.7. The summed E-state index contributed by atoms with van der Waals surface area (Å²) in [6, 6.07) is 9.83. The Bertz CT molecular complexity index is 559. The van der Waals surface area contributed by atoms with E-state index in [0.29, 0.717) is 25.5 Å². The summed E-state index contributed by atoms with van der Waals surface area (Å²) in [5.41, 5.74) is 1.17. The predicted molar refractivity (Wildman–Crippen MR) is 98.0 cm³/mol. The van der Waals surface area contributed by atoms with Crippen molar-refractivity contribution in [3.05, 3.63) is 35.9 Å². The number of hydrogen-bond acceptors (Lipinski definition) is 4. The summed E-state index contributed by atoms with van der Waals surface area (Å²) in [5.74, 6) is 0.0516. The van der Waals surface area contributed by atoms with E-state index < -0.39 is 6.04 Å². The van der Waals surface area contributed by atoms with Gasteiger partial charge < -0.3 is 15.0 Å². The van der Waals surface area contributed by atoms with Crippen LogP contribution >= 0.6 is 0 Å². The SMILES string of the molecule is CCOC(=O)C1CCCCN1C(=O)CNC(c1ccccc1)C(C)C. The molecule has 0 spiro atoms. The summed E-state index contributed by atoms with van der Waals surface area (Å²) in [6.45, 7) is 7.27. The number of likely N-dealkylation sites (tertiary alicyclic amines) is 1. The number of benzene rings is 1. The second-order valence-electron chi connectivity index (χ2n) is 6.86. The number of nitrogens with zero attached hydrogens (tertiary/aromatic N) is 1. The number of carbonyl (C=O) groups is 2. The van der Waals surface area contributed by atoms with E-state index in [1.54, 1.807) is 11.8 Å². The van der Waals surface area contributed by atoms with Crippen LogP contribution in [0.25, 0.3) is 0 Å². The highest BCUT2D eigenvalue weighted by Crippen LogP contribution is 2.22. The Labute approximate surface area is 150 Å². The molecule has 2 unspecified atom stereocenters. The number of piperidine rings is 1. The zero-order valence-electron chi connectivity index (χ0n) is 15.5. The quantitative estimate of drug-likeness (QED) is 0.771. The third-order valence-corrected chi connectivity index (χ3v) is 4.68. The number of hydrogen-bond donors (Lipinski definition) is 1. The molecule has 1 aromatic carbocycles. The van der Waals surface area contributed by atoms with Crippen LogP contribution in [0.4, 0.5) is 0 Å². The van der Waals surface area contributed by atoms with Crippen molar-refractivity contribution in [2.45, 2.75) is 52.1 Å². The Hall–Kier alpha value is -1.88. The first-order chi connectivity index (χ1) is 12.0. The van der Waals surface area contributed by atoms with Gasteiger partial charge in [0, 0.05) is 12.6 Å². The molecule has 1 aromatic rings. The Morgan fingerprint density at radius 1 is 1.24 bits per heavy atom. The first-order valence-corrected chi connectivity index (χ1v) is 9.29. The lowest BCUT2D eigenvalue weighted by Gasteiger charge is -2.34. The van der Waals surface area contributed by atoms with E-state index in [0.717, 1.165) is 12.8 Å². The molecule has 0 aromatic heterocycles. The van der Waals surface area contributed by atoms with Crippen LogP contribution in [0.5, 0.6) is 0 Å². The lowest BCUT2D eigenvalue weighted by atomic mass is 9.96. The normalized spacial score (nSPS) is 18.9. The molecular weight excluding hydrogens is 316 g/mol. The molecule has 1 aliphatic rings. The number of esters is 1. The maximum absolute atomic E-state index is 12.7. The fourth-order valence-electron chi connectivity index (χ4n) is 3.41. The van der Waals surface area contributed by atoms with Crippen molar-refractivity contribution in [2.24, 2.45) is 5.92 Å². The summed E-state index contributed by atoms with van der Waals surface area (Å²) in [4.78, 5) is 26.6. The molecule has 1 saturated heterocycles. The Balaban J connectivity index is 2.00. The molecule has 0 aliphatic carbocycles. The molecule has 1 heterocycles. The van der Waals surface area contributed by atoms with Crippen molar-refractivity contribution in [1.29, 1.82) is 0 Å². The maximum Gasteiger partial charge on any atom is 0.328 e. The van der Waals surface area contributed by atoms with Crippen LogP contribution in [0.15, 0.2) is 30.3 Å². The van der Waals surface area contributed by atoms with Gasteiger partial charge in [0.15, 0.2) is 0 Å². The Morgan fingerprint density at radius 2 is 1.96 bits per heavy atom. The molecular formula is C20H30N2O3. The fourth-order valence-corrected chi connectivity index (χ4v) is 3.41. The van der Waals surface area contributed by atoms with Crippen LogP contribution in [0.1, 0.15) is 51.6 Å². The average molecular weight is 346 g/mol. The molecule has 1 aliphatic heterocycles. The highest BCUT2D eigenvalue weighted by atomic mass is 16.5. The minimum absolute atomic E-state index is 0.0284. The molecule has 1 amide bonds. The standard InChI is InChI=1S/C20H30N2O3/c1-4-25-20(24)17-12-8-9-13-22(17)18(23)14-21-19(15(2)3)16-10-6-5-7-11-16/h5-7,10-11,15,17,19,21H,4,8-9,12-14H2,1-3H3. The van der Waals surface area contributed by atoms with Crippen molar-refractivity contribution in [1.82, 2.24) is 10.2 Å². The van der Waals surface area contributed by atoms with E-state index in [1.165, 1.54) is 5.56 Å². The van der Waals surface area contributed by atoms with Gasteiger partial charge in [-0.05, 0) is 37.7 Å². The largest absolute Gasteiger partial charge is 0.464 e. The third kappa shape index (κ3) is 5.30. The van der Waals surface area contributed by atoms with Crippen molar-refractivity contribution < 1.29 is 14.3 Å².